The highest BCUT2D eigenvalue weighted by molar-refractivity contribution is 5.95. The van der Waals surface area contributed by atoms with Gasteiger partial charge in [0.25, 0.3) is 5.91 Å². The molecule has 1 aliphatic rings. The number of hydrogen-bond acceptors (Lipinski definition) is 2. The summed E-state index contributed by atoms with van der Waals surface area (Å²) in [7, 11) is 1.81. The van der Waals surface area contributed by atoms with Gasteiger partial charge < -0.3 is 9.64 Å². The molecule has 0 bridgehead atoms. The van der Waals surface area contributed by atoms with Gasteiger partial charge in [-0.15, -0.1) is 0 Å². The molecular formula is C21H24FNO2. The van der Waals surface area contributed by atoms with Crippen LogP contribution in [0, 0.1) is 5.82 Å². The smallest absolute Gasteiger partial charge is 0.253 e. The van der Waals surface area contributed by atoms with Gasteiger partial charge in [0.1, 0.15) is 5.82 Å². The molecule has 0 aliphatic carbocycles. The lowest BCUT2D eigenvalue weighted by Crippen LogP contribution is -2.28. The molecule has 0 saturated carbocycles. The minimum Gasteiger partial charge on any atom is -0.378 e. The van der Waals surface area contributed by atoms with E-state index >= 15 is 0 Å². The second-order valence-electron chi connectivity index (χ2n) is 6.56. The highest BCUT2D eigenvalue weighted by Crippen LogP contribution is 2.24. The first-order chi connectivity index (χ1) is 12.1. The zero-order chi connectivity index (χ0) is 17.6. The number of hydrogen-bond donors (Lipinski definition) is 0. The molecule has 3 rings (SSSR count). The molecule has 1 amide bonds. The Kier molecular flexibility index (Phi) is 5.82. The van der Waals surface area contributed by atoms with Crippen molar-refractivity contribution in [3.63, 3.8) is 0 Å². The predicted octanol–water partition coefficient (Wildman–Crippen LogP) is 4.52. The van der Waals surface area contributed by atoms with Crippen molar-refractivity contribution in [3.05, 3.63) is 59.9 Å². The molecule has 132 valence electrons. The van der Waals surface area contributed by atoms with Crippen LogP contribution in [0.2, 0.25) is 0 Å². The average Bonchev–Trinajstić information content (AvgIpc) is 3.15. The zero-order valence-electron chi connectivity index (χ0n) is 14.6. The van der Waals surface area contributed by atoms with Crippen molar-refractivity contribution in [1.29, 1.82) is 0 Å². The van der Waals surface area contributed by atoms with Crippen molar-refractivity contribution < 1.29 is 13.9 Å². The molecule has 0 spiro atoms. The fourth-order valence-corrected chi connectivity index (χ4v) is 3.27. The van der Waals surface area contributed by atoms with E-state index < -0.39 is 0 Å². The fourth-order valence-electron chi connectivity index (χ4n) is 3.27. The number of nitrogens with zero attached hydrogens (tertiary/aromatic N) is 1. The van der Waals surface area contributed by atoms with Gasteiger partial charge in [-0.25, -0.2) is 4.39 Å². The van der Waals surface area contributed by atoms with Crippen molar-refractivity contribution in [2.75, 3.05) is 20.2 Å². The van der Waals surface area contributed by atoms with E-state index in [2.05, 4.69) is 0 Å². The first-order valence-electron chi connectivity index (χ1n) is 8.87. The summed E-state index contributed by atoms with van der Waals surface area (Å²) in [4.78, 5) is 14.4. The van der Waals surface area contributed by atoms with Gasteiger partial charge in [0.05, 0.1) is 6.10 Å². The summed E-state index contributed by atoms with van der Waals surface area (Å²) in [6, 6.07) is 13.8. The number of ether oxygens (including phenoxy) is 1. The SMILES string of the molecule is CN(CCCC1CCCO1)C(=O)c1cccc(-c2ccccc2F)c1. The molecule has 0 N–H and O–H groups in total. The van der Waals surface area contributed by atoms with Crippen LogP contribution in [0.4, 0.5) is 4.39 Å². The number of carbonyl (C=O) groups excluding carboxylic acids is 1. The first-order valence-corrected chi connectivity index (χ1v) is 8.87. The van der Waals surface area contributed by atoms with Crippen molar-refractivity contribution in [3.8, 4) is 11.1 Å². The van der Waals surface area contributed by atoms with E-state index in [1.807, 2.05) is 13.1 Å². The first kappa shape index (κ1) is 17.6. The topological polar surface area (TPSA) is 29.5 Å². The van der Waals surface area contributed by atoms with Crippen molar-refractivity contribution in [1.82, 2.24) is 4.90 Å². The third-order valence-electron chi connectivity index (χ3n) is 4.68. The van der Waals surface area contributed by atoms with Crippen LogP contribution in [0.5, 0.6) is 0 Å². The van der Waals surface area contributed by atoms with Gasteiger partial charge in [-0.05, 0) is 49.4 Å². The Labute approximate surface area is 148 Å². The maximum absolute atomic E-state index is 14.0. The van der Waals surface area contributed by atoms with Gasteiger partial charge in [0, 0.05) is 31.3 Å². The van der Waals surface area contributed by atoms with E-state index in [1.54, 1.807) is 41.3 Å². The second kappa shape index (κ2) is 8.26. The van der Waals surface area contributed by atoms with Crippen molar-refractivity contribution >= 4 is 5.91 Å². The third kappa shape index (κ3) is 4.45. The van der Waals surface area contributed by atoms with Crippen LogP contribution in [-0.4, -0.2) is 37.1 Å². The summed E-state index contributed by atoms with van der Waals surface area (Å²) in [6.07, 6.45) is 4.55. The molecule has 1 fully saturated rings. The molecule has 0 radical (unpaired) electrons. The lowest BCUT2D eigenvalue weighted by atomic mass is 10.0. The molecule has 2 aromatic rings. The number of halogens is 1. The molecule has 1 atom stereocenters. The highest BCUT2D eigenvalue weighted by Gasteiger charge is 2.17. The van der Waals surface area contributed by atoms with E-state index in [9.17, 15) is 9.18 Å². The van der Waals surface area contributed by atoms with Crippen LogP contribution in [0.1, 0.15) is 36.0 Å². The molecule has 2 aromatic carbocycles. The Morgan fingerprint density at radius 3 is 2.84 bits per heavy atom. The Hall–Kier alpha value is -2.20. The van der Waals surface area contributed by atoms with Crippen LogP contribution >= 0.6 is 0 Å². The summed E-state index contributed by atoms with van der Waals surface area (Å²) < 4.78 is 19.6. The van der Waals surface area contributed by atoms with Gasteiger partial charge in [-0.1, -0.05) is 30.3 Å². The van der Waals surface area contributed by atoms with E-state index in [4.69, 9.17) is 4.74 Å². The highest BCUT2D eigenvalue weighted by atomic mass is 19.1. The molecule has 1 saturated heterocycles. The van der Waals surface area contributed by atoms with E-state index in [0.717, 1.165) is 37.9 Å². The number of rotatable bonds is 6. The molecule has 1 aliphatic heterocycles. The molecule has 1 unspecified atom stereocenters. The largest absolute Gasteiger partial charge is 0.378 e. The van der Waals surface area contributed by atoms with Crippen LogP contribution in [0.15, 0.2) is 48.5 Å². The maximum atomic E-state index is 14.0. The number of amides is 1. The Balaban J connectivity index is 1.63. The van der Waals surface area contributed by atoms with Gasteiger partial charge in [0.15, 0.2) is 0 Å². The minimum atomic E-state index is -0.281. The van der Waals surface area contributed by atoms with E-state index in [0.29, 0.717) is 23.8 Å². The van der Waals surface area contributed by atoms with E-state index in [-0.39, 0.29) is 11.7 Å². The van der Waals surface area contributed by atoms with Gasteiger partial charge in [0.2, 0.25) is 0 Å². The van der Waals surface area contributed by atoms with Crippen LogP contribution in [0.3, 0.4) is 0 Å². The zero-order valence-corrected chi connectivity index (χ0v) is 14.6. The molecule has 4 heteroatoms. The van der Waals surface area contributed by atoms with Crippen LogP contribution in [-0.2, 0) is 4.74 Å². The summed E-state index contributed by atoms with van der Waals surface area (Å²) in [5.74, 6) is -0.317. The molecule has 1 heterocycles. The summed E-state index contributed by atoms with van der Waals surface area (Å²) in [5, 5.41) is 0. The standard InChI is InChI=1S/C21H24FNO2/c1-23(13-5-9-18-10-6-14-25-18)21(24)17-8-4-7-16(15-17)19-11-2-3-12-20(19)22/h2-4,7-8,11-12,15,18H,5-6,9-10,13-14H2,1H3. The van der Waals surface area contributed by atoms with Crippen molar-refractivity contribution in [2.24, 2.45) is 0 Å². The van der Waals surface area contributed by atoms with Crippen LogP contribution < -0.4 is 0 Å². The van der Waals surface area contributed by atoms with E-state index in [1.165, 1.54) is 6.07 Å². The fraction of sp³-hybridized carbons (Fsp3) is 0.381. The molecule has 3 nitrogen and oxygen atoms in total. The Morgan fingerprint density at radius 2 is 2.08 bits per heavy atom. The number of benzene rings is 2. The van der Waals surface area contributed by atoms with Gasteiger partial charge >= 0.3 is 0 Å². The quantitative estimate of drug-likeness (QED) is 0.773. The van der Waals surface area contributed by atoms with Gasteiger partial charge in [-0.3, -0.25) is 4.79 Å². The second-order valence-corrected chi connectivity index (χ2v) is 6.56. The molecule has 25 heavy (non-hydrogen) atoms. The normalized spacial score (nSPS) is 16.8. The third-order valence-corrected chi connectivity index (χ3v) is 4.68. The van der Waals surface area contributed by atoms with Crippen molar-refractivity contribution in [2.45, 2.75) is 31.8 Å². The van der Waals surface area contributed by atoms with Crippen LogP contribution in [0.25, 0.3) is 11.1 Å². The summed E-state index contributed by atoms with van der Waals surface area (Å²) in [5.41, 5.74) is 1.82. The van der Waals surface area contributed by atoms with Gasteiger partial charge in [-0.2, -0.15) is 0 Å². The summed E-state index contributed by atoms with van der Waals surface area (Å²) >= 11 is 0. The number of carbonyl (C=O) groups is 1. The molecule has 0 aromatic heterocycles. The lowest BCUT2D eigenvalue weighted by molar-refractivity contribution is 0.0763. The summed E-state index contributed by atoms with van der Waals surface area (Å²) in [6.45, 7) is 1.56. The monoisotopic (exact) mass is 341 g/mol. The Morgan fingerprint density at radius 1 is 1.24 bits per heavy atom. The lowest BCUT2D eigenvalue weighted by Gasteiger charge is -2.18. The molecular weight excluding hydrogens is 317 g/mol. The average molecular weight is 341 g/mol. The maximum Gasteiger partial charge on any atom is 0.253 e. The predicted molar refractivity (Wildman–Crippen MR) is 97.0 cm³/mol. The Bertz CT molecular complexity index is 725. The minimum absolute atomic E-state index is 0.0365.